The van der Waals surface area contributed by atoms with Crippen molar-refractivity contribution >= 4 is 24.7 Å². The van der Waals surface area contributed by atoms with Gasteiger partial charge in [0.25, 0.3) is 0 Å². The molecule has 0 bridgehead atoms. The van der Waals surface area contributed by atoms with E-state index in [2.05, 4.69) is 38.1 Å². The number of aryl methyl sites for hydroxylation is 1. The van der Waals surface area contributed by atoms with Crippen molar-refractivity contribution < 1.29 is 0 Å². The van der Waals surface area contributed by atoms with Crippen molar-refractivity contribution in [3.8, 4) is 0 Å². The van der Waals surface area contributed by atoms with Crippen molar-refractivity contribution in [3.05, 3.63) is 29.8 Å². The van der Waals surface area contributed by atoms with Crippen LogP contribution in [-0.4, -0.2) is 21.1 Å². The van der Waals surface area contributed by atoms with Crippen LogP contribution >= 0.6 is 0 Å². The zero-order chi connectivity index (χ0) is 8.81. The molecule has 0 heterocycles. The van der Waals surface area contributed by atoms with Crippen LogP contribution in [-0.2, 0) is 0 Å². The standard InChI is InChI=1S/C7H7.C4H9.Sn/c1-7-5-3-2-4-6-7;1-3-4-2;/h3-6H,1H3;1,3-4H2,2H3;. The van der Waals surface area contributed by atoms with E-state index in [0.717, 1.165) is 0 Å². The van der Waals surface area contributed by atoms with Crippen LogP contribution in [0.25, 0.3) is 0 Å². The van der Waals surface area contributed by atoms with Gasteiger partial charge < -0.3 is 0 Å². The molecule has 1 heteroatoms. The summed E-state index contributed by atoms with van der Waals surface area (Å²) in [6.07, 6.45) is 2.78. The number of hydrogen-bond acceptors (Lipinski definition) is 0. The first kappa shape index (κ1) is 10.1. The van der Waals surface area contributed by atoms with E-state index in [9.17, 15) is 0 Å². The summed E-state index contributed by atoms with van der Waals surface area (Å²) in [5.41, 5.74) is 1.38. The Morgan fingerprint density at radius 2 is 1.83 bits per heavy atom. The molecule has 0 saturated carbocycles. The first-order valence-electron chi connectivity index (χ1n) is 4.63. The van der Waals surface area contributed by atoms with E-state index >= 15 is 0 Å². The fourth-order valence-corrected chi connectivity index (χ4v) is 4.57. The van der Waals surface area contributed by atoms with Gasteiger partial charge in [-0.25, -0.2) is 0 Å². The summed E-state index contributed by atoms with van der Waals surface area (Å²) >= 11 is -0.203. The van der Waals surface area contributed by atoms with E-state index in [1.165, 1.54) is 22.8 Å². The maximum atomic E-state index is 2.32. The second-order valence-corrected chi connectivity index (χ2v) is 7.23. The summed E-state index contributed by atoms with van der Waals surface area (Å²) in [7, 11) is 0. The molecule has 0 aliphatic carbocycles. The second kappa shape index (κ2) is 5.63. The molecule has 0 amide bonds. The molecule has 0 N–H and O–H groups in total. The van der Waals surface area contributed by atoms with Crippen LogP contribution in [0.5, 0.6) is 0 Å². The van der Waals surface area contributed by atoms with Crippen molar-refractivity contribution in [2.75, 3.05) is 0 Å². The Kier molecular flexibility index (Phi) is 4.74. The van der Waals surface area contributed by atoms with E-state index in [4.69, 9.17) is 0 Å². The molecule has 0 nitrogen and oxygen atoms in total. The Balaban J connectivity index is 2.37. The topological polar surface area (TPSA) is 0 Å². The van der Waals surface area contributed by atoms with Crippen LogP contribution in [0, 0.1) is 6.92 Å². The molecule has 2 radical (unpaired) electrons. The molecule has 0 aromatic heterocycles. The van der Waals surface area contributed by atoms with Crippen LogP contribution in [0.4, 0.5) is 0 Å². The van der Waals surface area contributed by atoms with Gasteiger partial charge in [0, 0.05) is 0 Å². The van der Waals surface area contributed by atoms with Crippen molar-refractivity contribution in [2.45, 2.75) is 31.1 Å². The Morgan fingerprint density at radius 1 is 1.17 bits per heavy atom. The Bertz CT molecular complexity index is 213. The third-order valence-corrected chi connectivity index (χ3v) is 5.75. The van der Waals surface area contributed by atoms with Crippen LogP contribution in [0.3, 0.4) is 0 Å². The first-order chi connectivity index (χ1) is 5.83. The second-order valence-electron chi connectivity index (χ2n) is 3.15. The molecular formula is C11H16Sn. The summed E-state index contributed by atoms with van der Waals surface area (Å²) in [5, 5.41) is 0. The first-order valence-corrected chi connectivity index (χ1v) is 8.08. The van der Waals surface area contributed by atoms with Gasteiger partial charge in [-0.3, -0.25) is 0 Å². The molecule has 64 valence electrons. The zero-order valence-corrected chi connectivity index (χ0v) is 10.8. The molecule has 0 aliphatic heterocycles. The van der Waals surface area contributed by atoms with Gasteiger partial charge in [0.05, 0.1) is 0 Å². The summed E-state index contributed by atoms with van der Waals surface area (Å²) in [6.45, 7) is 4.43. The average Bonchev–Trinajstić information content (AvgIpc) is 2.09. The third-order valence-electron chi connectivity index (χ3n) is 1.91. The van der Waals surface area contributed by atoms with Crippen LogP contribution < -0.4 is 3.58 Å². The summed E-state index contributed by atoms with van der Waals surface area (Å²) in [6, 6.07) is 9.11. The molecule has 0 unspecified atom stereocenters. The minimum atomic E-state index is -0.203. The zero-order valence-electron chi connectivity index (χ0n) is 7.93. The Morgan fingerprint density at radius 3 is 2.42 bits per heavy atom. The van der Waals surface area contributed by atoms with Crippen LogP contribution in [0.1, 0.15) is 25.3 Å². The monoisotopic (exact) mass is 268 g/mol. The molecule has 0 fully saturated rings. The SMILES string of the molecule is CCC[CH2][Sn][c]1ccc(C)cc1. The minimum absolute atomic E-state index is 0.203. The average molecular weight is 267 g/mol. The van der Waals surface area contributed by atoms with Crippen LogP contribution in [0.2, 0.25) is 4.44 Å². The normalized spacial score (nSPS) is 10.2. The van der Waals surface area contributed by atoms with Crippen molar-refractivity contribution in [2.24, 2.45) is 0 Å². The molecule has 0 atom stereocenters. The summed E-state index contributed by atoms with van der Waals surface area (Å²) in [5.74, 6) is 0. The van der Waals surface area contributed by atoms with E-state index in [1.54, 1.807) is 3.58 Å². The Hall–Kier alpha value is 0.0187. The Labute approximate surface area is 85.6 Å². The predicted octanol–water partition coefficient (Wildman–Crippen LogP) is 2.54. The van der Waals surface area contributed by atoms with Gasteiger partial charge in [-0.05, 0) is 0 Å². The van der Waals surface area contributed by atoms with E-state index < -0.39 is 0 Å². The molecular weight excluding hydrogens is 251 g/mol. The van der Waals surface area contributed by atoms with E-state index in [0.29, 0.717) is 0 Å². The number of hydrogen-bond donors (Lipinski definition) is 0. The van der Waals surface area contributed by atoms with Gasteiger partial charge in [0.2, 0.25) is 0 Å². The fourth-order valence-electron chi connectivity index (χ4n) is 1.08. The van der Waals surface area contributed by atoms with Gasteiger partial charge in [0.1, 0.15) is 0 Å². The van der Waals surface area contributed by atoms with Crippen molar-refractivity contribution in [1.82, 2.24) is 0 Å². The molecule has 0 aliphatic rings. The van der Waals surface area contributed by atoms with Gasteiger partial charge in [-0.1, -0.05) is 0 Å². The quantitative estimate of drug-likeness (QED) is 0.581. The van der Waals surface area contributed by atoms with Gasteiger partial charge in [-0.15, -0.1) is 0 Å². The molecule has 1 aromatic carbocycles. The molecule has 0 spiro atoms. The summed E-state index contributed by atoms with van der Waals surface area (Å²) < 4.78 is 3.15. The van der Waals surface area contributed by atoms with Gasteiger partial charge in [-0.2, -0.15) is 0 Å². The number of benzene rings is 1. The van der Waals surface area contributed by atoms with E-state index in [1.807, 2.05) is 0 Å². The fraction of sp³-hybridized carbons (Fsp3) is 0.455. The maximum absolute atomic E-state index is 2.32. The molecule has 0 saturated heterocycles. The van der Waals surface area contributed by atoms with Gasteiger partial charge in [0.15, 0.2) is 0 Å². The molecule has 12 heavy (non-hydrogen) atoms. The van der Waals surface area contributed by atoms with Gasteiger partial charge >= 0.3 is 85.7 Å². The van der Waals surface area contributed by atoms with Crippen molar-refractivity contribution in [3.63, 3.8) is 0 Å². The molecule has 1 rings (SSSR count). The van der Waals surface area contributed by atoms with Crippen LogP contribution in [0.15, 0.2) is 24.3 Å². The number of rotatable bonds is 4. The predicted molar refractivity (Wildman–Crippen MR) is 56.3 cm³/mol. The van der Waals surface area contributed by atoms with Crippen molar-refractivity contribution in [1.29, 1.82) is 0 Å². The number of unbranched alkanes of at least 4 members (excludes halogenated alkanes) is 1. The summed E-state index contributed by atoms with van der Waals surface area (Å²) in [4.78, 5) is 0. The third kappa shape index (κ3) is 3.61. The van der Waals surface area contributed by atoms with E-state index in [-0.39, 0.29) is 21.1 Å². The molecule has 1 aromatic rings.